The van der Waals surface area contributed by atoms with Gasteiger partial charge < -0.3 is 15.0 Å². The molecule has 0 amide bonds. The molecule has 0 aliphatic carbocycles. The number of fused-ring (bicyclic) bond motifs is 1. The summed E-state index contributed by atoms with van der Waals surface area (Å²) in [6.45, 7) is 4.55. The summed E-state index contributed by atoms with van der Waals surface area (Å²) < 4.78 is 2.32. The molecule has 3 nitrogen and oxygen atoms in total. The fourth-order valence-corrected chi connectivity index (χ4v) is 3.03. The van der Waals surface area contributed by atoms with E-state index in [-0.39, 0.29) is 0 Å². The maximum atomic E-state index is 10.2. The predicted octanol–water partition coefficient (Wildman–Crippen LogP) is 3.87. The van der Waals surface area contributed by atoms with E-state index in [0.717, 1.165) is 25.1 Å². The monoisotopic (exact) mass is 308 g/mol. The van der Waals surface area contributed by atoms with Crippen molar-refractivity contribution in [3.05, 3.63) is 71.9 Å². The lowest BCUT2D eigenvalue weighted by atomic mass is 10.1. The maximum absolute atomic E-state index is 10.2. The maximum Gasteiger partial charge on any atom is 0.0914 e. The van der Waals surface area contributed by atoms with Crippen LogP contribution in [0.1, 0.15) is 30.6 Å². The van der Waals surface area contributed by atoms with Gasteiger partial charge in [0.05, 0.1) is 6.10 Å². The number of nitrogens with zero attached hydrogens (tertiary/aromatic N) is 1. The minimum Gasteiger partial charge on any atom is -0.387 e. The first kappa shape index (κ1) is 15.8. The Morgan fingerprint density at radius 1 is 1.04 bits per heavy atom. The van der Waals surface area contributed by atoms with Crippen molar-refractivity contribution in [2.24, 2.45) is 0 Å². The zero-order chi connectivity index (χ0) is 16.1. The highest BCUT2D eigenvalue weighted by molar-refractivity contribution is 5.83. The van der Waals surface area contributed by atoms with Gasteiger partial charge in [0.25, 0.3) is 0 Å². The molecule has 1 aromatic heterocycles. The second-order valence-corrected chi connectivity index (χ2v) is 5.92. The minimum atomic E-state index is -0.472. The lowest BCUT2D eigenvalue weighted by molar-refractivity contribution is 0.174. The Hall–Kier alpha value is -2.10. The summed E-state index contributed by atoms with van der Waals surface area (Å²) >= 11 is 0. The molecular formula is C20H24N2O. The van der Waals surface area contributed by atoms with E-state index in [0.29, 0.717) is 6.54 Å². The van der Waals surface area contributed by atoms with Crippen LogP contribution in [0.25, 0.3) is 10.9 Å². The highest BCUT2D eigenvalue weighted by Crippen LogP contribution is 2.22. The van der Waals surface area contributed by atoms with Gasteiger partial charge in [-0.2, -0.15) is 0 Å². The smallest absolute Gasteiger partial charge is 0.0914 e. The predicted molar refractivity (Wildman–Crippen MR) is 95.3 cm³/mol. The van der Waals surface area contributed by atoms with Gasteiger partial charge in [-0.1, -0.05) is 55.5 Å². The number of rotatable bonds is 7. The van der Waals surface area contributed by atoms with E-state index < -0.39 is 6.10 Å². The quantitative estimate of drug-likeness (QED) is 0.695. The summed E-state index contributed by atoms with van der Waals surface area (Å²) in [5.74, 6) is 0. The standard InChI is InChI=1S/C20H24N2O/c1-2-12-22-15-17(18-10-6-7-11-19(18)22)13-21-14-20(23)16-8-4-3-5-9-16/h3-11,15,20-21,23H,2,12-14H2,1H3/t20-/m0/s1. The summed E-state index contributed by atoms with van der Waals surface area (Å²) in [5, 5.41) is 14.9. The molecule has 0 aliphatic heterocycles. The van der Waals surface area contributed by atoms with Crippen LogP contribution in [-0.4, -0.2) is 16.2 Å². The average Bonchev–Trinajstić information content (AvgIpc) is 2.94. The molecule has 3 heteroatoms. The molecule has 2 N–H and O–H groups in total. The van der Waals surface area contributed by atoms with Crippen molar-refractivity contribution < 1.29 is 5.11 Å². The molecular weight excluding hydrogens is 284 g/mol. The van der Waals surface area contributed by atoms with Crippen molar-refractivity contribution in [1.82, 2.24) is 9.88 Å². The Bertz CT molecular complexity index is 749. The largest absolute Gasteiger partial charge is 0.387 e. The Morgan fingerprint density at radius 2 is 1.78 bits per heavy atom. The average molecular weight is 308 g/mol. The number of nitrogens with one attached hydrogen (secondary N) is 1. The normalized spacial score (nSPS) is 12.6. The highest BCUT2D eigenvalue weighted by atomic mass is 16.3. The molecule has 2 aromatic carbocycles. The van der Waals surface area contributed by atoms with E-state index in [4.69, 9.17) is 0 Å². The number of aryl methyl sites for hydroxylation is 1. The van der Waals surface area contributed by atoms with E-state index >= 15 is 0 Å². The molecule has 0 bridgehead atoms. The van der Waals surface area contributed by atoms with Gasteiger partial charge >= 0.3 is 0 Å². The van der Waals surface area contributed by atoms with Crippen molar-refractivity contribution in [2.75, 3.05) is 6.54 Å². The van der Waals surface area contributed by atoms with Crippen LogP contribution in [0.15, 0.2) is 60.8 Å². The van der Waals surface area contributed by atoms with Gasteiger partial charge in [-0.15, -0.1) is 0 Å². The fourth-order valence-electron chi connectivity index (χ4n) is 3.03. The Kier molecular flexibility index (Phi) is 5.11. The molecule has 0 fully saturated rings. The Balaban J connectivity index is 1.67. The van der Waals surface area contributed by atoms with Gasteiger partial charge in [0.15, 0.2) is 0 Å². The van der Waals surface area contributed by atoms with E-state index in [1.54, 1.807) is 0 Å². The molecule has 23 heavy (non-hydrogen) atoms. The van der Waals surface area contributed by atoms with Gasteiger partial charge in [-0.3, -0.25) is 0 Å². The van der Waals surface area contributed by atoms with Crippen molar-refractivity contribution >= 4 is 10.9 Å². The number of hydrogen-bond acceptors (Lipinski definition) is 2. The number of aromatic nitrogens is 1. The summed E-state index contributed by atoms with van der Waals surface area (Å²) in [6, 6.07) is 18.3. The minimum absolute atomic E-state index is 0.472. The van der Waals surface area contributed by atoms with Crippen LogP contribution in [0, 0.1) is 0 Å². The molecule has 0 saturated carbocycles. The van der Waals surface area contributed by atoms with Crippen LogP contribution in [0.4, 0.5) is 0 Å². The van der Waals surface area contributed by atoms with Gasteiger partial charge in [0.1, 0.15) is 0 Å². The molecule has 3 rings (SSSR count). The second-order valence-electron chi connectivity index (χ2n) is 5.92. The van der Waals surface area contributed by atoms with Gasteiger partial charge in [-0.25, -0.2) is 0 Å². The fraction of sp³-hybridized carbons (Fsp3) is 0.300. The van der Waals surface area contributed by atoms with Crippen molar-refractivity contribution in [2.45, 2.75) is 32.5 Å². The van der Waals surface area contributed by atoms with E-state index in [9.17, 15) is 5.11 Å². The SMILES string of the molecule is CCCn1cc(CNC[C@H](O)c2ccccc2)c2ccccc21. The first-order valence-electron chi connectivity index (χ1n) is 8.30. The van der Waals surface area contributed by atoms with E-state index in [2.05, 4.69) is 47.3 Å². The van der Waals surface area contributed by atoms with Crippen molar-refractivity contribution in [3.63, 3.8) is 0 Å². The number of aliphatic hydroxyl groups is 1. The molecule has 0 aliphatic rings. The van der Waals surface area contributed by atoms with Crippen LogP contribution in [0.2, 0.25) is 0 Å². The summed E-state index contributed by atoms with van der Waals surface area (Å²) in [5.41, 5.74) is 3.53. The Labute approximate surface area is 137 Å². The van der Waals surface area contributed by atoms with E-state index in [1.807, 2.05) is 30.3 Å². The van der Waals surface area contributed by atoms with Gasteiger partial charge in [-0.05, 0) is 23.6 Å². The molecule has 0 spiro atoms. The summed E-state index contributed by atoms with van der Waals surface area (Å²) in [4.78, 5) is 0. The molecule has 120 valence electrons. The van der Waals surface area contributed by atoms with Crippen LogP contribution in [-0.2, 0) is 13.1 Å². The number of para-hydroxylation sites is 1. The first-order chi connectivity index (χ1) is 11.3. The lowest BCUT2D eigenvalue weighted by Crippen LogP contribution is -2.20. The summed E-state index contributed by atoms with van der Waals surface area (Å²) in [6.07, 6.45) is 2.88. The van der Waals surface area contributed by atoms with Crippen LogP contribution in [0.3, 0.4) is 0 Å². The third-order valence-corrected chi connectivity index (χ3v) is 4.17. The Morgan fingerprint density at radius 3 is 2.57 bits per heavy atom. The summed E-state index contributed by atoms with van der Waals surface area (Å²) in [7, 11) is 0. The molecule has 0 saturated heterocycles. The van der Waals surface area contributed by atoms with Gasteiger partial charge in [0, 0.05) is 36.7 Å². The van der Waals surface area contributed by atoms with Crippen molar-refractivity contribution in [1.29, 1.82) is 0 Å². The van der Waals surface area contributed by atoms with Crippen LogP contribution < -0.4 is 5.32 Å². The third-order valence-electron chi connectivity index (χ3n) is 4.17. The molecule has 1 heterocycles. The zero-order valence-corrected chi connectivity index (χ0v) is 13.6. The highest BCUT2D eigenvalue weighted by Gasteiger charge is 2.09. The number of hydrogen-bond donors (Lipinski definition) is 2. The first-order valence-corrected chi connectivity index (χ1v) is 8.30. The number of aliphatic hydroxyl groups excluding tert-OH is 1. The van der Waals surface area contributed by atoms with Gasteiger partial charge in [0.2, 0.25) is 0 Å². The second kappa shape index (κ2) is 7.44. The lowest BCUT2D eigenvalue weighted by Gasteiger charge is -2.11. The molecule has 0 radical (unpaired) electrons. The third kappa shape index (κ3) is 3.63. The van der Waals surface area contributed by atoms with Crippen molar-refractivity contribution in [3.8, 4) is 0 Å². The topological polar surface area (TPSA) is 37.2 Å². The molecule has 3 aromatic rings. The zero-order valence-electron chi connectivity index (χ0n) is 13.6. The van der Waals surface area contributed by atoms with Crippen LogP contribution >= 0.6 is 0 Å². The molecule has 0 unspecified atom stereocenters. The van der Waals surface area contributed by atoms with E-state index in [1.165, 1.54) is 16.5 Å². The number of benzene rings is 2. The van der Waals surface area contributed by atoms with Crippen LogP contribution in [0.5, 0.6) is 0 Å². The molecule has 1 atom stereocenters.